The van der Waals surface area contributed by atoms with Crippen LogP contribution >= 0.6 is 11.3 Å². The maximum atomic E-state index is 14.0. The Morgan fingerprint density at radius 1 is 1.28 bits per heavy atom. The van der Waals surface area contributed by atoms with E-state index >= 15 is 0 Å². The second kappa shape index (κ2) is 10.1. The van der Waals surface area contributed by atoms with E-state index < -0.39 is 28.9 Å². The maximum Gasteiger partial charge on any atom is 0.333 e. The van der Waals surface area contributed by atoms with E-state index in [0.717, 1.165) is 23.2 Å². The molecule has 1 unspecified atom stereocenters. The molecule has 0 amide bonds. The molecule has 1 aromatic carbocycles. The smallest absolute Gasteiger partial charge is 0.333 e. The summed E-state index contributed by atoms with van der Waals surface area (Å²) in [6.07, 6.45) is 2.25. The van der Waals surface area contributed by atoms with Crippen LogP contribution in [0, 0.1) is 6.92 Å². The minimum absolute atomic E-state index is 0.0247. The second-order valence-corrected chi connectivity index (χ2v) is 11.2. The number of oxazole rings is 1. The highest BCUT2D eigenvalue weighted by Gasteiger charge is 2.37. The number of likely N-dealkylation sites (N-methyl/N-ethyl adjacent to an activating group) is 1. The molecule has 11 nitrogen and oxygen atoms in total. The van der Waals surface area contributed by atoms with Gasteiger partial charge in [0.1, 0.15) is 28.5 Å². The molecule has 0 radical (unpaired) electrons. The Bertz CT molecular complexity index is 1650. The normalized spacial score (nSPS) is 15.4. The summed E-state index contributed by atoms with van der Waals surface area (Å²) in [7, 11) is 3.56. The molecule has 4 aromatic rings. The third kappa shape index (κ3) is 4.58. The number of hydrogen-bond acceptors (Lipinski definition) is 9. The molecule has 5 rings (SSSR count). The summed E-state index contributed by atoms with van der Waals surface area (Å²) in [4.78, 5) is 47.4. The third-order valence-electron chi connectivity index (χ3n) is 7.14. The predicted molar refractivity (Wildman–Crippen MR) is 146 cm³/mol. The van der Waals surface area contributed by atoms with Crippen LogP contribution in [0.15, 0.2) is 50.7 Å². The van der Waals surface area contributed by atoms with Gasteiger partial charge in [0.2, 0.25) is 5.89 Å². The van der Waals surface area contributed by atoms with Crippen molar-refractivity contribution in [3.05, 3.63) is 68.7 Å². The van der Waals surface area contributed by atoms with E-state index in [2.05, 4.69) is 9.88 Å². The fourth-order valence-electron chi connectivity index (χ4n) is 4.91. The molecule has 0 bridgehead atoms. The molecule has 1 N–H and O–H groups in total. The summed E-state index contributed by atoms with van der Waals surface area (Å²) in [5.74, 6) is -0.392. The van der Waals surface area contributed by atoms with Gasteiger partial charge in [-0.05, 0) is 39.4 Å². The molecule has 1 saturated heterocycles. The number of benzene rings is 1. The highest BCUT2D eigenvalue weighted by atomic mass is 32.1. The summed E-state index contributed by atoms with van der Waals surface area (Å²) >= 11 is 1.20. The average molecular weight is 555 g/mol. The number of methoxy groups -OCH3 is 1. The first-order valence-electron chi connectivity index (χ1n) is 12.4. The van der Waals surface area contributed by atoms with Gasteiger partial charge in [-0.25, -0.2) is 19.1 Å². The van der Waals surface area contributed by atoms with E-state index in [4.69, 9.17) is 13.9 Å². The van der Waals surface area contributed by atoms with E-state index in [1.54, 1.807) is 14.0 Å². The molecule has 1 aliphatic heterocycles. The number of thiophene rings is 1. The van der Waals surface area contributed by atoms with E-state index in [1.165, 1.54) is 42.2 Å². The fraction of sp³-hybridized carbons (Fsp3) is 0.407. The highest BCUT2D eigenvalue weighted by molar-refractivity contribution is 7.22. The standard InChI is InChI=1S/C27H30N4O7S/c1-15-20-23(32)31(27(2,3)25(33)34)26(35)30(24(20)39-21(15)22-28-10-11-37-22)14-19(38-16-12-29(4)13-16)17-8-6-7-9-18(17)36-5/h6-11,16,19H,12-14H2,1-5H3,(H,33,34). The number of rotatable bonds is 9. The Labute approximate surface area is 227 Å². The summed E-state index contributed by atoms with van der Waals surface area (Å²) < 4.78 is 19.9. The molecule has 206 valence electrons. The summed E-state index contributed by atoms with van der Waals surface area (Å²) in [6, 6.07) is 7.41. The molecule has 0 saturated carbocycles. The lowest BCUT2D eigenvalue weighted by Crippen LogP contribution is -2.53. The van der Waals surface area contributed by atoms with Gasteiger partial charge in [0, 0.05) is 18.7 Å². The number of fused-ring (bicyclic) bond motifs is 1. The number of hydrogen-bond donors (Lipinski definition) is 1. The Morgan fingerprint density at radius 3 is 2.62 bits per heavy atom. The Hall–Kier alpha value is -3.74. The van der Waals surface area contributed by atoms with E-state index in [-0.39, 0.29) is 18.0 Å². The molecule has 1 aliphatic rings. The van der Waals surface area contributed by atoms with Crippen molar-refractivity contribution in [2.45, 2.75) is 45.1 Å². The minimum Gasteiger partial charge on any atom is -0.496 e. The summed E-state index contributed by atoms with van der Waals surface area (Å²) in [5, 5.41) is 10.2. The van der Waals surface area contributed by atoms with Gasteiger partial charge in [0.15, 0.2) is 0 Å². The number of aryl methyl sites for hydroxylation is 1. The number of para-hydroxylation sites is 1. The Kier molecular flexibility index (Phi) is 6.95. The lowest BCUT2D eigenvalue weighted by molar-refractivity contribution is -0.146. The lowest BCUT2D eigenvalue weighted by Gasteiger charge is -2.38. The van der Waals surface area contributed by atoms with Crippen molar-refractivity contribution < 1.29 is 23.8 Å². The van der Waals surface area contributed by atoms with E-state index in [0.29, 0.717) is 26.9 Å². The van der Waals surface area contributed by atoms with Crippen LogP contribution in [0.2, 0.25) is 0 Å². The zero-order valence-corrected chi connectivity index (χ0v) is 23.2. The first-order valence-corrected chi connectivity index (χ1v) is 13.3. The molecular weight excluding hydrogens is 524 g/mol. The van der Waals surface area contributed by atoms with Crippen LogP contribution in [-0.2, 0) is 21.6 Å². The van der Waals surface area contributed by atoms with Crippen LogP contribution in [0.3, 0.4) is 0 Å². The van der Waals surface area contributed by atoms with Crippen molar-refractivity contribution in [1.82, 2.24) is 19.0 Å². The lowest BCUT2D eigenvalue weighted by atomic mass is 10.0. The first-order chi connectivity index (χ1) is 18.5. The number of likely N-dealkylation sites (tertiary alicyclic amines) is 1. The largest absolute Gasteiger partial charge is 0.496 e. The number of carboxylic acid groups (broad SMARTS) is 1. The first kappa shape index (κ1) is 26.9. The molecule has 0 aliphatic carbocycles. The number of aromatic nitrogens is 3. The number of nitrogens with zero attached hydrogens (tertiary/aromatic N) is 4. The number of carbonyl (C=O) groups is 1. The Morgan fingerprint density at radius 2 is 2.00 bits per heavy atom. The van der Waals surface area contributed by atoms with Crippen molar-refractivity contribution in [2.75, 3.05) is 27.2 Å². The van der Waals surface area contributed by atoms with E-state index in [1.807, 2.05) is 31.3 Å². The van der Waals surface area contributed by atoms with Crippen molar-refractivity contribution in [2.24, 2.45) is 0 Å². The van der Waals surface area contributed by atoms with Gasteiger partial charge in [0.05, 0.1) is 36.2 Å². The zero-order chi connectivity index (χ0) is 28.1. The molecule has 3 aromatic heterocycles. The van der Waals surface area contributed by atoms with Gasteiger partial charge >= 0.3 is 11.7 Å². The number of ether oxygens (including phenoxy) is 2. The van der Waals surface area contributed by atoms with Gasteiger partial charge in [-0.15, -0.1) is 11.3 Å². The van der Waals surface area contributed by atoms with Gasteiger partial charge in [0.25, 0.3) is 5.56 Å². The molecule has 4 heterocycles. The van der Waals surface area contributed by atoms with E-state index in [9.17, 15) is 19.5 Å². The van der Waals surface area contributed by atoms with Crippen LogP contribution in [0.4, 0.5) is 0 Å². The van der Waals surface area contributed by atoms with Crippen LogP contribution in [0.5, 0.6) is 5.75 Å². The Balaban J connectivity index is 1.76. The van der Waals surface area contributed by atoms with Crippen molar-refractivity contribution in [1.29, 1.82) is 0 Å². The van der Waals surface area contributed by atoms with Gasteiger partial charge in [-0.3, -0.25) is 9.36 Å². The molecule has 39 heavy (non-hydrogen) atoms. The average Bonchev–Trinajstić information content (AvgIpc) is 3.52. The van der Waals surface area contributed by atoms with Gasteiger partial charge in [-0.2, -0.15) is 0 Å². The van der Waals surface area contributed by atoms with Crippen molar-refractivity contribution in [3.8, 4) is 16.5 Å². The SMILES string of the molecule is COc1ccccc1C(Cn1c(=O)n(C(C)(C)C(=O)O)c(=O)c2c(C)c(-c3ncco3)sc21)OC1CN(C)C1. The van der Waals surface area contributed by atoms with Crippen LogP contribution < -0.4 is 16.0 Å². The molecule has 1 fully saturated rings. The molecule has 0 spiro atoms. The predicted octanol–water partition coefficient (Wildman–Crippen LogP) is 3.09. The molecular formula is C27H30N4O7S. The molecule has 1 atom stereocenters. The third-order valence-corrected chi connectivity index (χ3v) is 8.45. The monoisotopic (exact) mass is 554 g/mol. The van der Waals surface area contributed by atoms with Crippen LogP contribution in [0.25, 0.3) is 21.0 Å². The van der Waals surface area contributed by atoms with Gasteiger partial charge < -0.3 is 23.9 Å². The highest BCUT2D eigenvalue weighted by Crippen LogP contribution is 2.37. The summed E-state index contributed by atoms with van der Waals surface area (Å²) in [5.41, 5.74) is -1.93. The molecule has 12 heteroatoms. The number of aliphatic carboxylic acids is 1. The quantitative estimate of drug-likeness (QED) is 0.332. The second-order valence-electron chi connectivity index (χ2n) is 10.2. The minimum atomic E-state index is -1.81. The van der Waals surface area contributed by atoms with Gasteiger partial charge in [-0.1, -0.05) is 18.2 Å². The topological polar surface area (TPSA) is 129 Å². The zero-order valence-electron chi connectivity index (χ0n) is 22.3. The fourth-order valence-corrected chi connectivity index (χ4v) is 6.15. The van der Waals surface area contributed by atoms with Crippen LogP contribution in [0.1, 0.15) is 31.1 Å². The van der Waals surface area contributed by atoms with Crippen molar-refractivity contribution in [3.63, 3.8) is 0 Å². The van der Waals surface area contributed by atoms with Crippen LogP contribution in [-0.4, -0.2) is 63.4 Å². The summed E-state index contributed by atoms with van der Waals surface area (Å²) in [6.45, 7) is 5.90. The maximum absolute atomic E-state index is 14.0. The van der Waals surface area contributed by atoms with Crippen molar-refractivity contribution >= 4 is 27.5 Å². The number of carboxylic acids is 1.